The van der Waals surface area contributed by atoms with Crippen LogP contribution in [0.4, 0.5) is 4.39 Å². The van der Waals surface area contributed by atoms with Crippen LogP contribution >= 0.6 is 0 Å². The number of carboxylic acid groups (broad SMARTS) is 1. The highest BCUT2D eigenvalue weighted by atomic mass is 19.1. The molecule has 4 aromatic rings. The van der Waals surface area contributed by atoms with E-state index in [0.29, 0.717) is 64.6 Å². The van der Waals surface area contributed by atoms with Crippen molar-refractivity contribution in [3.8, 4) is 11.4 Å². The molecule has 9 amide bonds. The number of benzene rings is 2. The molecule has 83 heavy (non-hydrogen) atoms. The van der Waals surface area contributed by atoms with Crippen LogP contribution in [0.25, 0.3) is 22.3 Å². The Morgan fingerprint density at radius 3 is 2.31 bits per heavy atom. The van der Waals surface area contributed by atoms with Crippen LogP contribution < -0.4 is 37.9 Å². The van der Waals surface area contributed by atoms with Crippen LogP contribution in [0.2, 0.25) is 0 Å². The number of carbonyl (C=O) groups is 11. The number of pyridine rings is 2. The molecule has 2 aromatic carbocycles. The molecule has 438 valence electrons. The number of nitrogens with zero attached hydrogens (tertiary/aromatic N) is 4. The van der Waals surface area contributed by atoms with Gasteiger partial charge in [-0.1, -0.05) is 43.7 Å². The van der Waals surface area contributed by atoms with Crippen molar-refractivity contribution < 1.29 is 76.8 Å². The highest BCUT2D eigenvalue weighted by Gasteiger charge is 2.46. The van der Waals surface area contributed by atoms with Gasteiger partial charge < -0.3 is 61.5 Å². The standard InChI is InChI=1S/C56H61FN10O16/c1-3-56(81)34-19-40-51-32(24-67(40)53(78)33(34)26-83-55(56)80)50-36(14-13-31-29(2)35(57)20-37(64-51)49(31)50)61-45(72)27-82-28-65(25-41(58)68)54(79)39(18-30-10-6-4-7-11-30)63-44(71)23-59-43(70)22-60-52(77)38(21-48(75)76)62-42(69)12-8-5-9-17-66-46(73)15-16-47(66)74/h4,6-7,10-11,15-16,19-20,36,38-39,81H,3,5,8-9,12-14,17-18,21-28H2,1-2H3,(H2,58,68)(H,59,70)(H,60,77)(H,61,72)(H,62,69)(H,63,71)(H,75,76)/t36-,38-,39-,56-/m0/s1. The number of cyclic esters (lactones) is 1. The number of hydrogen-bond acceptors (Lipinski definition) is 16. The number of aliphatic carboxylic acids is 1. The smallest absolute Gasteiger partial charge is 0.343 e. The Morgan fingerprint density at radius 1 is 0.904 bits per heavy atom. The van der Waals surface area contributed by atoms with Gasteiger partial charge in [0.1, 0.15) is 44.4 Å². The fourth-order valence-electron chi connectivity index (χ4n) is 10.6. The third-order valence-electron chi connectivity index (χ3n) is 14.9. The van der Waals surface area contributed by atoms with Gasteiger partial charge in [0.2, 0.25) is 41.4 Å². The molecular formula is C56H61FN10O16. The largest absolute Gasteiger partial charge is 0.481 e. The third-order valence-corrected chi connectivity index (χ3v) is 14.9. The molecule has 0 spiro atoms. The van der Waals surface area contributed by atoms with Crippen molar-refractivity contribution in [2.24, 2.45) is 5.73 Å². The lowest BCUT2D eigenvalue weighted by atomic mass is 9.81. The molecule has 1 aliphatic carbocycles. The number of nitrogens with two attached hydrogens (primary N) is 1. The highest BCUT2D eigenvalue weighted by Crippen LogP contribution is 2.46. The molecule has 26 nitrogen and oxygen atoms in total. The summed E-state index contributed by atoms with van der Waals surface area (Å²) in [6, 6.07) is 7.48. The van der Waals surface area contributed by atoms with Gasteiger partial charge in [-0.3, -0.25) is 57.6 Å². The zero-order chi connectivity index (χ0) is 59.9. The number of primary amides is 1. The normalized spacial score (nSPS) is 17.1. The zero-order valence-corrected chi connectivity index (χ0v) is 45.3. The van der Waals surface area contributed by atoms with Crippen LogP contribution in [0.1, 0.15) is 96.9 Å². The number of nitrogens with one attached hydrogen (secondary N) is 5. The van der Waals surface area contributed by atoms with Gasteiger partial charge in [0.05, 0.1) is 54.6 Å². The number of hydrogen-bond donors (Lipinski definition) is 8. The maximum absolute atomic E-state index is 15.5. The summed E-state index contributed by atoms with van der Waals surface area (Å²) < 4.78 is 27.9. The fraction of sp³-hybridized carbons (Fsp3) is 0.411. The number of imide groups is 1. The van der Waals surface area contributed by atoms with Crippen LogP contribution in [0.5, 0.6) is 0 Å². The number of fused-ring (bicyclic) bond motifs is 5. The van der Waals surface area contributed by atoms with Crippen LogP contribution in [0.3, 0.4) is 0 Å². The van der Waals surface area contributed by atoms with Gasteiger partial charge in [0.15, 0.2) is 5.60 Å². The zero-order valence-electron chi connectivity index (χ0n) is 45.3. The number of halogens is 1. The van der Waals surface area contributed by atoms with Gasteiger partial charge >= 0.3 is 11.9 Å². The van der Waals surface area contributed by atoms with E-state index in [1.165, 1.54) is 16.7 Å². The number of amides is 9. The predicted molar refractivity (Wildman–Crippen MR) is 287 cm³/mol. The maximum Gasteiger partial charge on any atom is 0.343 e. The second kappa shape index (κ2) is 25.7. The molecule has 0 radical (unpaired) electrons. The number of unbranched alkanes of at least 4 members (excludes halogenated alkanes) is 2. The minimum atomic E-state index is -2.10. The Morgan fingerprint density at radius 2 is 1.61 bits per heavy atom. The monoisotopic (exact) mass is 1150 g/mol. The van der Waals surface area contributed by atoms with Crippen molar-refractivity contribution in [2.45, 2.75) is 109 Å². The first-order valence-electron chi connectivity index (χ1n) is 26.8. The maximum atomic E-state index is 15.5. The number of aryl methyl sites for hydroxylation is 1. The van der Waals surface area contributed by atoms with E-state index >= 15 is 4.39 Å². The molecule has 0 bridgehead atoms. The third kappa shape index (κ3) is 13.4. The van der Waals surface area contributed by atoms with Crippen LogP contribution in [0, 0.1) is 12.7 Å². The van der Waals surface area contributed by atoms with Crippen molar-refractivity contribution in [3.05, 3.63) is 110 Å². The first-order valence-corrected chi connectivity index (χ1v) is 26.8. The number of rotatable bonds is 26. The lowest BCUT2D eigenvalue weighted by Crippen LogP contribution is -2.54. The van der Waals surface area contributed by atoms with E-state index in [-0.39, 0.29) is 67.7 Å². The summed E-state index contributed by atoms with van der Waals surface area (Å²) in [6.07, 6.45) is 2.89. The van der Waals surface area contributed by atoms with Crippen LogP contribution in [0.15, 0.2) is 59.4 Å². The summed E-state index contributed by atoms with van der Waals surface area (Å²) in [4.78, 5) is 161. The quantitative estimate of drug-likeness (QED) is 0.0147. The molecule has 0 saturated heterocycles. The van der Waals surface area contributed by atoms with Crippen LogP contribution in [-0.2, 0) is 93.8 Å². The van der Waals surface area contributed by atoms with E-state index < -0.39 is 140 Å². The molecule has 4 atom stereocenters. The van der Waals surface area contributed by atoms with Crippen LogP contribution in [-0.4, -0.2) is 146 Å². The fourth-order valence-corrected chi connectivity index (χ4v) is 10.6. The minimum Gasteiger partial charge on any atom is -0.481 e. The SMILES string of the molecule is CC[C@@]1(O)C(=O)OCc2c1cc1n(c2=O)Cc2c-1nc1cc(F)c(C)c3c1c2[C@@H](NC(=O)COCN(CC(N)=O)C(=O)[C@H](Cc1ccccc1)NC(=O)CNC(=O)CNC(=O)[C@H](CC(=O)O)NC(=O)CCCCCN1C(=O)C=CC1=O)CC3. The molecule has 0 saturated carbocycles. The molecule has 8 rings (SSSR count). The second-order valence-electron chi connectivity index (χ2n) is 20.4. The summed E-state index contributed by atoms with van der Waals surface area (Å²) in [6.45, 7) is -0.570. The minimum absolute atomic E-state index is 0.0132. The highest BCUT2D eigenvalue weighted by molar-refractivity contribution is 6.12. The Balaban J connectivity index is 0.882. The van der Waals surface area contributed by atoms with E-state index in [1.807, 2.05) is 0 Å². The topological polar surface area (TPSA) is 374 Å². The first kappa shape index (κ1) is 59.9. The Labute approximate surface area is 472 Å². The Bertz CT molecular complexity index is 3420. The number of carbonyl (C=O) groups excluding carboxylic acids is 10. The van der Waals surface area contributed by atoms with E-state index in [4.69, 9.17) is 20.2 Å². The molecule has 2 aromatic heterocycles. The van der Waals surface area contributed by atoms with Gasteiger partial charge in [-0.05, 0) is 67.3 Å². The number of aromatic nitrogens is 2. The molecule has 3 aliphatic heterocycles. The number of ether oxygens (including phenoxy) is 2. The number of aliphatic hydroxyl groups is 1. The molecular weight excluding hydrogens is 1090 g/mol. The number of esters is 1. The van der Waals surface area contributed by atoms with Gasteiger partial charge in [-0.2, -0.15) is 0 Å². The Kier molecular flexibility index (Phi) is 18.5. The molecule has 0 unspecified atom stereocenters. The van der Waals surface area contributed by atoms with E-state index in [0.717, 1.165) is 22.0 Å². The summed E-state index contributed by atoms with van der Waals surface area (Å²) in [5.41, 5.74) is 6.68. The summed E-state index contributed by atoms with van der Waals surface area (Å²) in [7, 11) is 0. The van der Waals surface area contributed by atoms with Crippen molar-refractivity contribution >= 4 is 76.0 Å². The average Bonchev–Trinajstić information content (AvgIpc) is 1.88. The van der Waals surface area contributed by atoms with Crippen molar-refractivity contribution in [3.63, 3.8) is 0 Å². The van der Waals surface area contributed by atoms with E-state index in [2.05, 4.69) is 26.6 Å². The Hall–Kier alpha value is -9.24. The van der Waals surface area contributed by atoms with Crippen molar-refractivity contribution in [1.29, 1.82) is 0 Å². The first-order chi connectivity index (χ1) is 39.6. The lowest BCUT2D eigenvalue weighted by molar-refractivity contribution is -0.172. The van der Waals surface area contributed by atoms with Crippen molar-refractivity contribution in [2.75, 3.05) is 39.5 Å². The lowest BCUT2D eigenvalue weighted by Gasteiger charge is -2.31. The number of carboxylic acids is 1. The van der Waals surface area contributed by atoms with E-state index in [1.54, 1.807) is 44.2 Å². The van der Waals surface area contributed by atoms with Crippen molar-refractivity contribution in [1.82, 2.24) is 45.9 Å². The molecule has 4 aliphatic rings. The molecule has 27 heteroatoms. The van der Waals surface area contributed by atoms with E-state index in [9.17, 15) is 67.7 Å². The average molecular weight is 1150 g/mol. The molecule has 9 N–H and O–H groups in total. The summed E-state index contributed by atoms with van der Waals surface area (Å²) in [5, 5.41) is 33.7. The molecule has 5 heterocycles. The van der Waals surface area contributed by atoms with Gasteiger partial charge in [-0.15, -0.1) is 0 Å². The summed E-state index contributed by atoms with van der Waals surface area (Å²) in [5.74, 6) is -9.72. The predicted octanol–water partition coefficient (Wildman–Crippen LogP) is -0.677. The van der Waals surface area contributed by atoms with Gasteiger partial charge in [-0.25, -0.2) is 14.2 Å². The van der Waals surface area contributed by atoms with Gasteiger partial charge in [0, 0.05) is 54.1 Å². The van der Waals surface area contributed by atoms with Gasteiger partial charge in [0.25, 0.3) is 17.4 Å². The molecule has 0 fully saturated rings. The summed E-state index contributed by atoms with van der Waals surface area (Å²) >= 11 is 0. The second-order valence-corrected chi connectivity index (χ2v) is 20.4.